The monoisotopic (exact) mass is 300 g/mol. The van der Waals surface area contributed by atoms with Gasteiger partial charge in [-0.1, -0.05) is 11.6 Å². The molecule has 1 saturated heterocycles. The number of hydrogen-bond acceptors (Lipinski definition) is 2. The quantitative estimate of drug-likeness (QED) is 0.762. The van der Waals surface area contributed by atoms with Gasteiger partial charge in [-0.25, -0.2) is 0 Å². The van der Waals surface area contributed by atoms with E-state index in [0.717, 1.165) is 36.8 Å². The van der Waals surface area contributed by atoms with Crippen molar-refractivity contribution in [2.75, 3.05) is 31.1 Å². The van der Waals surface area contributed by atoms with Crippen LogP contribution in [-0.4, -0.2) is 36.6 Å². The van der Waals surface area contributed by atoms with E-state index in [9.17, 15) is 0 Å². The van der Waals surface area contributed by atoms with Crippen LogP contribution in [0.15, 0.2) is 18.2 Å². The van der Waals surface area contributed by atoms with E-state index in [0.29, 0.717) is 5.88 Å². The molecule has 0 radical (unpaired) electrons. The second kappa shape index (κ2) is 5.90. The number of hydrogen-bond donors (Lipinski definition) is 0. The summed E-state index contributed by atoms with van der Waals surface area (Å²) < 4.78 is 0. The molecule has 1 aromatic carbocycles. The number of piperazine rings is 1. The summed E-state index contributed by atoms with van der Waals surface area (Å²) in [6.45, 7) is 11.1. The lowest BCUT2D eigenvalue weighted by atomic mass is 10.0. The molecule has 1 aromatic rings. The van der Waals surface area contributed by atoms with Crippen LogP contribution in [0.1, 0.15) is 26.3 Å². The lowest BCUT2D eigenvalue weighted by Crippen LogP contribution is -2.53. The number of halogens is 2. The van der Waals surface area contributed by atoms with Crippen molar-refractivity contribution < 1.29 is 0 Å². The molecule has 2 rings (SSSR count). The van der Waals surface area contributed by atoms with Crippen molar-refractivity contribution in [1.29, 1.82) is 0 Å². The van der Waals surface area contributed by atoms with Gasteiger partial charge in [-0.3, -0.25) is 4.90 Å². The van der Waals surface area contributed by atoms with Crippen molar-refractivity contribution in [1.82, 2.24) is 4.90 Å². The average Bonchev–Trinajstić information content (AvgIpc) is 2.37. The zero-order valence-corrected chi connectivity index (χ0v) is 13.4. The Morgan fingerprint density at radius 3 is 2.26 bits per heavy atom. The van der Waals surface area contributed by atoms with E-state index >= 15 is 0 Å². The Labute approximate surface area is 126 Å². The van der Waals surface area contributed by atoms with Gasteiger partial charge in [0.05, 0.1) is 0 Å². The third-order valence-electron chi connectivity index (χ3n) is 3.75. The molecule has 0 aromatic heterocycles. The van der Waals surface area contributed by atoms with Gasteiger partial charge >= 0.3 is 0 Å². The van der Waals surface area contributed by atoms with Gasteiger partial charge in [-0.2, -0.15) is 0 Å². The van der Waals surface area contributed by atoms with Crippen molar-refractivity contribution in [3.63, 3.8) is 0 Å². The number of alkyl halides is 1. The van der Waals surface area contributed by atoms with Crippen molar-refractivity contribution in [2.45, 2.75) is 32.2 Å². The molecule has 19 heavy (non-hydrogen) atoms. The third kappa shape index (κ3) is 3.56. The molecule has 1 aliphatic heterocycles. The van der Waals surface area contributed by atoms with Gasteiger partial charge < -0.3 is 4.90 Å². The summed E-state index contributed by atoms with van der Waals surface area (Å²) in [5.74, 6) is 0.509. The Balaban J connectivity index is 2.10. The second-order valence-corrected chi connectivity index (χ2v) is 6.76. The highest BCUT2D eigenvalue weighted by Crippen LogP contribution is 2.27. The van der Waals surface area contributed by atoms with E-state index in [1.54, 1.807) is 0 Å². The average molecular weight is 301 g/mol. The van der Waals surface area contributed by atoms with Crippen molar-refractivity contribution in [3.8, 4) is 0 Å². The molecule has 0 spiro atoms. The Bertz CT molecular complexity index is 432. The second-order valence-electron chi connectivity index (χ2n) is 6.05. The molecule has 0 bridgehead atoms. The summed E-state index contributed by atoms with van der Waals surface area (Å²) in [6.07, 6.45) is 0. The first kappa shape index (κ1) is 15.0. The van der Waals surface area contributed by atoms with Crippen LogP contribution in [0.3, 0.4) is 0 Å². The fraction of sp³-hybridized carbons (Fsp3) is 0.600. The standard InChI is InChI=1S/C15H22Cl2N2/c1-15(2,3)19-8-6-18(7-9-19)14-5-4-13(17)10-12(14)11-16/h4-5,10H,6-9,11H2,1-3H3. The minimum absolute atomic E-state index is 0.251. The predicted molar refractivity (Wildman–Crippen MR) is 84.5 cm³/mol. The Hall–Kier alpha value is -0.440. The topological polar surface area (TPSA) is 6.48 Å². The summed E-state index contributed by atoms with van der Waals surface area (Å²) in [7, 11) is 0. The van der Waals surface area contributed by atoms with Crippen LogP contribution in [0.5, 0.6) is 0 Å². The first-order valence-electron chi connectivity index (χ1n) is 6.76. The highest BCUT2D eigenvalue weighted by molar-refractivity contribution is 6.30. The molecule has 1 fully saturated rings. The molecule has 1 aliphatic rings. The highest BCUT2D eigenvalue weighted by Gasteiger charge is 2.26. The molecule has 0 unspecified atom stereocenters. The maximum atomic E-state index is 6.03. The van der Waals surface area contributed by atoms with Gasteiger partial charge in [-0.05, 0) is 44.5 Å². The predicted octanol–water partition coefficient (Wildman–Crippen LogP) is 4.00. The minimum atomic E-state index is 0.251. The Morgan fingerprint density at radius 2 is 1.74 bits per heavy atom. The molecule has 0 aliphatic carbocycles. The van der Waals surface area contributed by atoms with Crippen LogP contribution in [0.4, 0.5) is 5.69 Å². The lowest BCUT2D eigenvalue weighted by Gasteiger charge is -2.43. The van der Waals surface area contributed by atoms with Crippen molar-refractivity contribution >= 4 is 28.9 Å². The summed E-state index contributed by atoms with van der Waals surface area (Å²) in [4.78, 5) is 4.94. The van der Waals surface area contributed by atoms with E-state index in [-0.39, 0.29) is 5.54 Å². The summed E-state index contributed by atoms with van der Waals surface area (Å²) in [6, 6.07) is 6.01. The normalized spacial score (nSPS) is 17.8. The van der Waals surface area contributed by atoms with E-state index in [1.807, 2.05) is 12.1 Å². The zero-order chi connectivity index (χ0) is 14.0. The van der Waals surface area contributed by atoms with E-state index in [2.05, 4.69) is 36.6 Å². The molecular formula is C15H22Cl2N2. The lowest BCUT2D eigenvalue weighted by molar-refractivity contribution is 0.128. The number of anilines is 1. The summed E-state index contributed by atoms with van der Waals surface area (Å²) in [5.41, 5.74) is 2.60. The number of rotatable bonds is 2. The molecule has 4 heteroatoms. The Kier molecular flexibility index (Phi) is 4.65. The first-order valence-corrected chi connectivity index (χ1v) is 7.67. The number of nitrogens with zero attached hydrogens (tertiary/aromatic N) is 2. The number of benzene rings is 1. The van der Waals surface area contributed by atoms with E-state index < -0.39 is 0 Å². The molecular weight excluding hydrogens is 279 g/mol. The molecule has 1 heterocycles. The van der Waals surface area contributed by atoms with Crippen LogP contribution < -0.4 is 4.90 Å². The van der Waals surface area contributed by atoms with Crippen LogP contribution in [0.25, 0.3) is 0 Å². The molecule has 0 amide bonds. The van der Waals surface area contributed by atoms with Gasteiger partial charge in [0, 0.05) is 48.3 Å². The van der Waals surface area contributed by atoms with Crippen molar-refractivity contribution in [2.24, 2.45) is 0 Å². The smallest absolute Gasteiger partial charge is 0.0495 e. The van der Waals surface area contributed by atoms with Gasteiger partial charge in [0.2, 0.25) is 0 Å². The Morgan fingerprint density at radius 1 is 1.11 bits per heavy atom. The highest BCUT2D eigenvalue weighted by atomic mass is 35.5. The van der Waals surface area contributed by atoms with E-state index in [4.69, 9.17) is 23.2 Å². The molecule has 0 saturated carbocycles. The fourth-order valence-corrected chi connectivity index (χ4v) is 3.00. The SMILES string of the molecule is CC(C)(C)N1CCN(c2ccc(Cl)cc2CCl)CC1. The minimum Gasteiger partial charge on any atom is -0.369 e. The van der Waals surface area contributed by atoms with Gasteiger partial charge in [0.1, 0.15) is 0 Å². The first-order chi connectivity index (χ1) is 8.91. The van der Waals surface area contributed by atoms with Crippen molar-refractivity contribution in [3.05, 3.63) is 28.8 Å². The molecule has 106 valence electrons. The largest absolute Gasteiger partial charge is 0.369 e. The van der Waals surface area contributed by atoms with Crippen LogP contribution >= 0.6 is 23.2 Å². The molecule has 2 nitrogen and oxygen atoms in total. The molecule has 0 atom stereocenters. The van der Waals surface area contributed by atoms with Gasteiger partial charge in [0.15, 0.2) is 0 Å². The maximum absolute atomic E-state index is 6.03. The fourth-order valence-electron chi connectivity index (χ4n) is 2.59. The van der Waals surface area contributed by atoms with Crippen LogP contribution in [0, 0.1) is 0 Å². The van der Waals surface area contributed by atoms with Crippen LogP contribution in [0.2, 0.25) is 5.02 Å². The van der Waals surface area contributed by atoms with Gasteiger partial charge in [-0.15, -0.1) is 11.6 Å². The van der Waals surface area contributed by atoms with Gasteiger partial charge in [0.25, 0.3) is 0 Å². The van der Waals surface area contributed by atoms with Crippen LogP contribution in [-0.2, 0) is 5.88 Å². The van der Waals surface area contributed by atoms with E-state index in [1.165, 1.54) is 5.69 Å². The summed E-state index contributed by atoms with van der Waals surface area (Å²) >= 11 is 12.1. The summed E-state index contributed by atoms with van der Waals surface area (Å²) in [5, 5.41) is 0.757. The third-order valence-corrected chi connectivity index (χ3v) is 4.28. The maximum Gasteiger partial charge on any atom is 0.0495 e. The zero-order valence-electron chi connectivity index (χ0n) is 11.9. The molecule has 0 N–H and O–H groups in total.